The molecule has 78 valence electrons. The third kappa shape index (κ3) is 4.91. The minimum Gasteiger partial charge on any atom is -0.342 e. The van der Waals surface area contributed by atoms with Gasteiger partial charge < -0.3 is 4.90 Å². The largest absolute Gasteiger partial charge is 0.342 e. The first-order chi connectivity index (χ1) is 5.99. The molecule has 2 nitrogen and oxygen atoms in total. The van der Waals surface area contributed by atoms with Crippen molar-refractivity contribution in [1.29, 1.82) is 0 Å². The van der Waals surface area contributed by atoms with Gasteiger partial charge in [0, 0.05) is 19.0 Å². The highest BCUT2D eigenvalue weighted by atomic mass is 16.2. The van der Waals surface area contributed by atoms with E-state index < -0.39 is 0 Å². The summed E-state index contributed by atoms with van der Waals surface area (Å²) in [6.07, 6.45) is 1.05. The molecule has 0 atom stereocenters. The molecule has 0 aromatic heterocycles. The first-order valence-corrected chi connectivity index (χ1v) is 5.27. The van der Waals surface area contributed by atoms with Crippen LogP contribution >= 0.6 is 0 Å². The zero-order valence-corrected chi connectivity index (χ0v) is 9.63. The van der Waals surface area contributed by atoms with Crippen LogP contribution in [-0.4, -0.2) is 23.9 Å². The summed E-state index contributed by atoms with van der Waals surface area (Å²) < 4.78 is 0. The predicted octanol–water partition coefficient (Wildman–Crippen LogP) is 2.54. The van der Waals surface area contributed by atoms with Crippen LogP contribution in [0, 0.1) is 11.8 Å². The normalized spacial score (nSPS) is 11.0. The molecule has 2 heteroatoms. The summed E-state index contributed by atoms with van der Waals surface area (Å²) >= 11 is 0. The van der Waals surface area contributed by atoms with Crippen molar-refractivity contribution < 1.29 is 4.79 Å². The fourth-order valence-electron chi connectivity index (χ4n) is 1.37. The minimum atomic E-state index is 0.130. The molecule has 0 aromatic carbocycles. The number of carbonyl (C=O) groups is 1. The van der Waals surface area contributed by atoms with Crippen molar-refractivity contribution in [1.82, 2.24) is 4.90 Å². The summed E-state index contributed by atoms with van der Waals surface area (Å²) in [5.41, 5.74) is 0. The molecule has 0 saturated heterocycles. The van der Waals surface area contributed by atoms with Crippen molar-refractivity contribution >= 4 is 5.91 Å². The Morgan fingerprint density at radius 1 is 1.23 bits per heavy atom. The molecule has 0 bridgehead atoms. The lowest BCUT2D eigenvalue weighted by Gasteiger charge is -2.25. The van der Waals surface area contributed by atoms with Gasteiger partial charge in [-0.15, -0.1) is 0 Å². The molecule has 0 fully saturated rings. The zero-order valence-electron chi connectivity index (χ0n) is 9.63. The Hall–Kier alpha value is -0.530. The van der Waals surface area contributed by atoms with E-state index in [1.165, 1.54) is 0 Å². The van der Waals surface area contributed by atoms with Gasteiger partial charge in [0.1, 0.15) is 0 Å². The quantitative estimate of drug-likeness (QED) is 0.644. The van der Waals surface area contributed by atoms with Crippen molar-refractivity contribution in [3.05, 3.63) is 0 Å². The van der Waals surface area contributed by atoms with E-state index in [-0.39, 0.29) is 11.8 Å². The molecule has 1 amide bonds. The molecule has 0 aliphatic heterocycles. The molecule has 0 unspecified atom stereocenters. The summed E-state index contributed by atoms with van der Waals surface area (Å²) in [5.74, 6) is 0.982. The van der Waals surface area contributed by atoms with Gasteiger partial charge in [-0.3, -0.25) is 4.79 Å². The number of rotatable bonds is 5. The molecule has 0 radical (unpaired) electrons. The number of nitrogens with zero attached hydrogens (tertiary/aromatic N) is 1. The second-order valence-corrected chi connectivity index (χ2v) is 4.33. The number of amides is 1. The van der Waals surface area contributed by atoms with Gasteiger partial charge in [0.25, 0.3) is 0 Å². The summed E-state index contributed by atoms with van der Waals surface area (Å²) in [4.78, 5) is 13.7. The summed E-state index contributed by atoms with van der Waals surface area (Å²) in [6.45, 7) is 12.1. The topological polar surface area (TPSA) is 20.3 Å². The van der Waals surface area contributed by atoms with E-state index in [0.717, 1.165) is 19.5 Å². The molecule has 0 N–H and O–H groups in total. The average Bonchev–Trinajstić information content (AvgIpc) is 2.01. The monoisotopic (exact) mass is 185 g/mol. The van der Waals surface area contributed by atoms with Crippen LogP contribution in [0.2, 0.25) is 0 Å². The maximum Gasteiger partial charge on any atom is 0.225 e. The van der Waals surface area contributed by atoms with E-state index in [0.29, 0.717) is 5.92 Å². The van der Waals surface area contributed by atoms with Gasteiger partial charge in [-0.1, -0.05) is 34.6 Å². The van der Waals surface area contributed by atoms with Gasteiger partial charge in [-0.25, -0.2) is 0 Å². The van der Waals surface area contributed by atoms with E-state index >= 15 is 0 Å². The zero-order chi connectivity index (χ0) is 10.4. The van der Waals surface area contributed by atoms with E-state index in [2.05, 4.69) is 20.8 Å². The van der Waals surface area contributed by atoms with Crippen LogP contribution in [0.5, 0.6) is 0 Å². The molecule has 0 aliphatic carbocycles. The van der Waals surface area contributed by atoms with Crippen LogP contribution < -0.4 is 0 Å². The molecule has 0 saturated carbocycles. The van der Waals surface area contributed by atoms with Crippen LogP contribution in [0.4, 0.5) is 0 Å². The van der Waals surface area contributed by atoms with Crippen molar-refractivity contribution in [3.8, 4) is 0 Å². The summed E-state index contributed by atoms with van der Waals surface area (Å²) in [7, 11) is 0. The van der Waals surface area contributed by atoms with Gasteiger partial charge >= 0.3 is 0 Å². The Morgan fingerprint density at radius 2 is 1.77 bits per heavy atom. The maximum absolute atomic E-state index is 11.7. The Labute approximate surface area is 82.3 Å². The lowest BCUT2D eigenvalue weighted by Crippen LogP contribution is -2.37. The summed E-state index contributed by atoms with van der Waals surface area (Å²) in [5, 5.41) is 0. The Kier molecular flexibility index (Phi) is 5.76. The lowest BCUT2D eigenvalue weighted by molar-refractivity contribution is -0.135. The molecule has 13 heavy (non-hydrogen) atoms. The Morgan fingerprint density at radius 3 is 2.08 bits per heavy atom. The standard InChI is InChI=1S/C11H23NO/c1-6-7-12(8-9(2)3)11(13)10(4)5/h9-10H,6-8H2,1-5H3. The van der Waals surface area contributed by atoms with Gasteiger partial charge in [-0.2, -0.15) is 0 Å². The highest BCUT2D eigenvalue weighted by Crippen LogP contribution is 2.06. The van der Waals surface area contributed by atoms with E-state index in [9.17, 15) is 4.79 Å². The average molecular weight is 185 g/mol. The summed E-state index contributed by atoms with van der Waals surface area (Å²) in [6, 6.07) is 0. The van der Waals surface area contributed by atoms with Gasteiger partial charge in [-0.05, 0) is 12.3 Å². The fourth-order valence-corrected chi connectivity index (χ4v) is 1.37. The first kappa shape index (κ1) is 12.5. The molecule has 0 heterocycles. The van der Waals surface area contributed by atoms with Gasteiger partial charge in [0.05, 0.1) is 0 Å². The van der Waals surface area contributed by atoms with Gasteiger partial charge in [0.15, 0.2) is 0 Å². The van der Waals surface area contributed by atoms with Crippen LogP contribution in [0.1, 0.15) is 41.0 Å². The molecule has 0 spiro atoms. The van der Waals surface area contributed by atoms with E-state index in [1.807, 2.05) is 18.7 Å². The highest BCUT2D eigenvalue weighted by Gasteiger charge is 2.16. The predicted molar refractivity (Wildman–Crippen MR) is 56.5 cm³/mol. The van der Waals surface area contributed by atoms with E-state index in [4.69, 9.17) is 0 Å². The third-order valence-electron chi connectivity index (χ3n) is 1.88. The molecule has 0 aromatic rings. The van der Waals surface area contributed by atoms with Crippen LogP contribution in [0.15, 0.2) is 0 Å². The molecule has 0 aliphatic rings. The SMILES string of the molecule is CCCN(CC(C)C)C(=O)C(C)C. The van der Waals surface area contributed by atoms with Crippen LogP contribution in [0.3, 0.4) is 0 Å². The van der Waals surface area contributed by atoms with Crippen molar-refractivity contribution in [3.63, 3.8) is 0 Å². The fraction of sp³-hybridized carbons (Fsp3) is 0.909. The molecular formula is C11H23NO. The van der Waals surface area contributed by atoms with E-state index in [1.54, 1.807) is 0 Å². The molecule has 0 rings (SSSR count). The van der Waals surface area contributed by atoms with Gasteiger partial charge in [0.2, 0.25) is 5.91 Å². The second kappa shape index (κ2) is 6.01. The third-order valence-corrected chi connectivity index (χ3v) is 1.88. The Bertz CT molecular complexity index is 152. The highest BCUT2D eigenvalue weighted by molar-refractivity contribution is 5.78. The van der Waals surface area contributed by atoms with Crippen molar-refractivity contribution in [2.24, 2.45) is 11.8 Å². The minimum absolute atomic E-state index is 0.130. The van der Waals surface area contributed by atoms with Crippen molar-refractivity contribution in [2.75, 3.05) is 13.1 Å². The molecular weight excluding hydrogens is 162 g/mol. The van der Waals surface area contributed by atoms with Crippen LogP contribution in [-0.2, 0) is 4.79 Å². The van der Waals surface area contributed by atoms with Crippen LogP contribution in [0.25, 0.3) is 0 Å². The smallest absolute Gasteiger partial charge is 0.225 e. The number of hydrogen-bond acceptors (Lipinski definition) is 1. The first-order valence-electron chi connectivity index (χ1n) is 5.27. The maximum atomic E-state index is 11.7. The Balaban J connectivity index is 4.15. The second-order valence-electron chi connectivity index (χ2n) is 4.33. The number of hydrogen-bond donors (Lipinski definition) is 0. The van der Waals surface area contributed by atoms with Crippen molar-refractivity contribution in [2.45, 2.75) is 41.0 Å². The number of carbonyl (C=O) groups excluding carboxylic acids is 1. The lowest BCUT2D eigenvalue weighted by atomic mass is 10.1.